The van der Waals surface area contributed by atoms with Crippen molar-refractivity contribution in [3.63, 3.8) is 0 Å². The van der Waals surface area contributed by atoms with Gasteiger partial charge in [-0.25, -0.2) is 9.97 Å². The number of hydrogen-bond acceptors (Lipinski definition) is 6. The van der Waals surface area contributed by atoms with E-state index in [1.165, 1.54) is 0 Å². The highest BCUT2D eigenvalue weighted by molar-refractivity contribution is 7.21. The van der Waals surface area contributed by atoms with Crippen LogP contribution in [0, 0.1) is 0 Å². The summed E-state index contributed by atoms with van der Waals surface area (Å²) in [6.45, 7) is 6.58. The number of aromatic nitrogens is 2. The number of ether oxygens (including phenoxy) is 1. The molecule has 3 heterocycles. The van der Waals surface area contributed by atoms with Crippen molar-refractivity contribution in [2.45, 2.75) is 20.0 Å². The van der Waals surface area contributed by atoms with Crippen molar-refractivity contribution in [2.24, 2.45) is 0 Å². The summed E-state index contributed by atoms with van der Waals surface area (Å²) in [6, 6.07) is 9.06. The molecule has 6 nitrogen and oxygen atoms in total. The number of halogens is 1. The highest BCUT2D eigenvalue weighted by atomic mass is 35.5. The fourth-order valence-corrected chi connectivity index (χ4v) is 4.32. The molecule has 0 N–H and O–H groups in total. The summed E-state index contributed by atoms with van der Waals surface area (Å²) in [5, 5.41) is 1.48. The molecule has 146 valence electrons. The Balaban J connectivity index is 1.47. The van der Waals surface area contributed by atoms with E-state index in [1.54, 1.807) is 35.7 Å². The third-order valence-corrected chi connectivity index (χ3v) is 5.80. The zero-order valence-electron chi connectivity index (χ0n) is 15.8. The van der Waals surface area contributed by atoms with Crippen molar-refractivity contribution in [1.29, 1.82) is 0 Å². The van der Waals surface area contributed by atoms with Crippen LogP contribution >= 0.6 is 22.9 Å². The number of fused-ring (bicyclic) bond motifs is 1. The number of carbonyl (C=O) groups is 1. The molecule has 4 rings (SSSR count). The Kier molecular flexibility index (Phi) is 5.37. The summed E-state index contributed by atoms with van der Waals surface area (Å²) in [4.78, 5) is 27.1. The SMILES string of the molecule is CC(C)Oc1ccc(Cl)cc1C(=O)N1CCN(c2nc3cccnc3s2)CC1. The van der Waals surface area contributed by atoms with Gasteiger partial charge in [-0.15, -0.1) is 0 Å². The van der Waals surface area contributed by atoms with Crippen LogP contribution in [0.3, 0.4) is 0 Å². The predicted octanol–water partition coefficient (Wildman–Crippen LogP) is 4.09. The van der Waals surface area contributed by atoms with Gasteiger partial charge in [-0.05, 0) is 44.2 Å². The second-order valence-corrected chi connectivity index (χ2v) is 8.30. The lowest BCUT2D eigenvalue weighted by atomic mass is 10.1. The van der Waals surface area contributed by atoms with Crippen molar-refractivity contribution in [1.82, 2.24) is 14.9 Å². The standard InChI is InChI=1S/C20H21ClN4O2S/c1-13(2)27-17-6-5-14(21)12-15(17)19(26)24-8-10-25(11-9-24)20-23-16-4-3-7-22-18(16)28-20/h3-7,12-13H,8-11H2,1-2H3. The Morgan fingerprint density at radius 1 is 1.21 bits per heavy atom. The Hall–Kier alpha value is -2.38. The number of nitrogens with zero attached hydrogens (tertiary/aromatic N) is 4. The topological polar surface area (TPSA) is 58.6 Å². The van der Waals surface area contributed by atoms with Crippen molar-refractivity contribution < 1.29 is 9.53 Å². The lowest BCUT2D eigenvalue weighted by molar-refractivity contribution is 0.0740. The van der Waals surface area contributed by atoms with Gasteiger partial charge in [-0.3, -0.25) is 4.79 Å². The van der Waals surface area contributed by atoms with Gasteiger partial charge in [0.1, 0.15) is 16.1 Å². The predicted molar refractivity (Wildman–Crippen MR) is 113 cm³/mol. The quantitative estimate of drug-likeness (QED) is 0.641. The molecule has 0 bridgehead atoms. The van der Waals surface area contributed by atoms with E-state index in [0.717, 1.165) is 28.6 Å². The van der Waals surface area contributed by atoms with Gasteiger partial charge >= 0.3 is 0 Å². The maximum absolute atomic E-state index is 13.1. The van der Waals surface area contributed by atoms with Crippen LogP contribution in [0.15, 0.2) is 36.5 Å². The zero-order valence-corrected chi connectivity index (χ0v) is 17.3. The van der Waals surface area contributed by atoms with Gasteiger partial charge in [-0.2, -0.15) is 0 Å². The van der Waals surface area contributed by atoms with Crippen molar-refractivity contribution in [3.8, 4) is 5.75 Å². The van der Waals surface area contributed by atoms with Gasteiger partial charge in [0.15, 0.2) is 5.13 Å². The largest absolute Gasteiger partial charge is 0.490 e. The molecule has 1 aromatic carbocycles. The first-order valence-electron chi connectivity index (χ1n) is 9.23. The molecule has 3 aromatic rings. The minimum absolute atomic E-state index is 0.0165. The van der Waals surface area contributed by atoms with Crippen LogP contribution in [-0.4, -0.2) is 53.1 Å². The summed E-state index contributed by atoms with van der Waals surface area (Å²) in [5.74, 6) is 0.521. The lowest BCUT2D eigenvalue weighted by Crippen LogP contribution is -2.48. The smallest absolute Gasteiger partial charge is 0.257 e. The first-order chi connectivity index (χ1) is 13.5. The van der Waals surface area contributed by atoms with Crippen molar-refractivity contribution in [2.75, 3.05) is 31.1 Å². The van der Waals surface area contributed by atoms with E-state index >= 15 is 0 Å². The molecule has 1 saturated heterocycles. The number of amides is 1. The molecule has 28 heavy (non-hydrogen) atoms. The Morgan fingerprint density at radius 2 is 2.00 bits per heavy atom. The molecule has 0 unspecified atom stereocenters. The van der Waals surface area contributed by atoms with Gasteiger partial charge in [0.05, 0.1) is 11.7 Å². The lowest BCUT2D eigenvalue weighted by Gasteiger charge is -2.34. The van der Waals surface area contributed by atoms with E-state index in [0.29, 0.717) is 29.4 Å². The monoisotopic (exact) mass is 416 g/mol. The third-order valence-electron chi connectivity index (χ3n) is 4.53. The van der Waals surface area contributed by atoms with Gasteiger partial charge in [0, 0.05) is 37.4 Å². The second kappa shape index (κ2) is 7.93. The van der Waals surface area contributed by atoms with E-state index in [2.05, 4.69) is 14.9 Å². The van der Waals surface area contributed by atoms with E-state index in [9.17, 15) is 4.79 Å². The molecule has 1 fully saturated rings. The number of carbonyl (C=O) groups excluding carboxylic acids is 1. The number of anilines is 1. The molecular weight excluding hydrogens is 396 g/mol. The fraction of sp³-hybridized carbons (Fsp3) is 0.350. The minimum atomic E-state index is -0.0521. The van der Waals surface area contributed by atoms with Crippen LogP contribution < -0.4 is 9.64 Å². The number of thiazole rings is 1. The van der Waals surface area contributed by atoms with Crippen molar-refractivity contribution >= 4 is 44.3 Å². The summed E-state index contributed by atoms with van der Waals surface area (Å²) in [6.07, 6.45) is 1.76. The van der Waals surface area contributed by atoms with Crippen LogP contribution in [0.2, 0.25) is 5.02 Å². The number of hydrogen-bond donors (Lipinski definition) is 0. The van der Waals surface area contributed by atoms with E-state index in [4.69, 9.17) is 16.3 Å². The molecule has 0 aliphatic carbocycles. The summed E-state index contributed by atoms with van der Waals surface area (Å²) < 4.78 is 5.80. The first-order valence-corrected chi connectivity index (χ1v) is 10.4. The van der Waals surface area contributed by atoms with E-state index in [-0.39, 0.29) is 12.0 Å². The normalized spacial score (nSPS) is 14.7. The van der Waals surface area contributed by atoms with Crippen LogP contribution in [-0.2, 0) is 0 Å². The van der Waals surface area contributed by atoms with Gasteiger partial charge in [0.25, 0.3) is 5.91 Å². The molecular formula is C20H21ClN4O2S. The number of piperazine rings is 1. The molecule has 0 atom stereocenters. The van der Waals surface area contributed by atoms with E-state index < -0.39 is 0 Å². The maximum atomic E-state index is 13.1. The van der Waals surface area contributed by atoms with Crippen molar-refractivity contribution in [3.05, 3.63) is 47.1 Å². The fourth-order valence-electron chi connectivity index (χ4n) is 3.19. The van der Waals surface area contributed by atoms with E-state index in [1.807, 2.05) is 30.9 Å². The molecule has 1 aliphatic heterocycles. The molecule has 2 aromatic heterocycles. The van der Waals surface area contributed by atoms with Crippen LogP contribution in [0.4, 0.5) is 5.13 Å². The summed E-state index contributed by atoms with van der Waals surface area (Å²) in [7, 11) is 0. The average Bonchev–Trinajstić information content (AvgIpc) is 3.13. The average molecular weight is 417 g/mol. The number of benzene rings is 1. The zero-order chi connectivity index (χ0) is 19.7. The summed E-state index contributed by atoms with van der Waals surface area (Å²) in [5.41, 5.74) is 1.43. The molecule has 8 heteroatoms. The van der Waals surface area contributed by atoms with Gasteiger partial charge < -0.3 is 14.5 Å². The van der Waals surface area contributed by atoms with Gasteiger partial charge in [-0.1, -0.05) is 22.9 Å². The van der Waals surface area contributed by atoms with Crippen LogP contribution in [0.25, 0.3) is 10.3 Å². The highest BCUT2D eigenvalue weighted by Crippen LogP contribution is 2.29. The van der Waals surface area contributed by atoms with Gasteiger partial charge in [0.2, 0.25) is 0 Å². The Labute approximate surface area is 172 Å². The third kappa shape index (κ3) is 3.91. The van der Waals surface area contributed by atoms with Crippen LogP contribution in [0.1, 0.15) is 24.2 Å². The maximum Gasteiger partial charge on any atom is 0.257 e. The molecule has 0 radical (unpaired) electrons. The molecule has 1 amide bonds. The first kappa shape index (κ1) is 19.0. The summed E-state index contributed by atoms with van der Waals surface area (Å²) >= 11 is 7.71. The second-order valence-electron chi connectivity index (χ2n) is 6.91. The minimum Gasteiger partial charge on any atom is -0.490 e. The molecule has 0 spiro atoms. The Morgan fingerprint density at radius 3 is 2.71 bits per heavy atom. The number of pyridine rings is 1. The Bertz CT molecular complexity index is 966. The highest BCUT2D eigenvalue weighted by Gasteiger charge is 2.26. The number of rotatable bonds is 4. The molecule has 0 saturated carbocycles. The van der Waals surface area contributed by atoms with Crippen LogP contribution in [0.5, 0.6) is 5.75 Å². The molecule has 1 aliphatic rings.